The van der Waals surface area contributed by atoms with E-state index in [1.54, 1.807) is 0 Å². The highest BCUT2D eigenvalue weighted by Gasteiger charge is 2.38. The van der Waals surface area contributed by atoms with Gasteiger partial charge in [0.05, 0.1) is 24.3 Å². The van der Waals surface area contributed by atoms with E-state index in [0.29, 0.717) is 12.6 Å². The van der Waals surface area contributed by atoms with E-state index in [1.807, 2.05) is 41.2 Å². The van der Waals surface area contributed by atoms with Gasteiger partial charge in [0.2, 0.25) is 0 Å². The number of alkyl halides is 3. The summed E-state index contributed by atoms with van der Waals surface area (Å²) in [5.41, 5.74) is 2.99. The van der Waals surface area contributed by atoms with Crippen molar-refractivity contribution in [1.82, 2.24) is 23.9 Å². The van der Waals surface area contributed by atoms with Crippen LogP contribution in [-0.4, -0.2) is 66.7 Å². The van der Waals surface area contributed by atoms with Gasteiger partial charge in [-0.1, -0.05) is 0 Å². The maximum Gasteiger partial charge on any atom is 0.490 e. The zero-order chi connectivity index (χ0) is 23.3. The molecule has 172 valence electrons. The number of rotatable bonds is 4. The summed E-state index contributed by atoms with van der Waals surface area (Å²) in [6.45, 7) is 7.51. The van der Waals surface area contributed by atoms with Gasteiger partial charge in [0.15, 0.2) is 0 Å². The zero-order valence-corrected chi connectivity index (χ0v) is 18.1. The molecule has 0 fully saturated rings. The first-order valence-corrected chi connectivity index (χ1v) is 9.85. The third-order valence-corrected chi connectivity index (χ3v) is 5.17. The largest absolute Gasteiger partial charge is 0.490 e. The molecule has 0 saturated heterocycles. The van der Waals surface area contributed by atoms with E-state index in [2.05, 4.69) is 35.3 Å². The lowest BCUT2D eigenvalue weighted by molar-refractivity contribution is -0.192. The molecule has 0 saturated carbocycles. The normalized spacial score (nSPS) is 14.2. The highest BCUT2D eigenvalue weighted by molar-refractivity contribution is 5.92. The number of nitrogens with zero attached hydrogens (tertiary/aromatic N) is 5. The van der Waals surface area contributed by atoms with E-state index in [9.17, 15) is 18.0 Å². The summed E-state index contributed by atoms with van der Waals surface area (Å²) in [6.07, 6.45) is -0.285. The van der Waals surface area contributed by atoms with E-state index in [-0.39, 0.29) is 5.91 Å². The van der Waals surface area contributed by atoms with Gasteiger partial charge < -0.3 is 19.1 Å². The number of aromatic nitrogens is 3. The summed E-state index contributed by atoms with van der Waals surface area (Å²) in [5.74, 6) is -2.66. The molecule has 0 aliphatic carbocycles. The predicted molar refractivity (Wildman–Crippen MR) is 107 cm³/mol. The van der Waals surface area contributed by atoms with Crippen LogP contribution in [-0.2, 0) is 31.5 Å². The Morgan fingerprint density at radius 2 is 1.94 bits per heavy atom. The molecule has 1 aliphatic heterocycles. The molecule has 31 heavy (non-hydrogen) atoms. The molecule has 2 aromatic rings. The topological polar surface area (TPSA) is 83.6 Å². The summed E-state index contributed by atoms with van der Waals surface area (Å²) in [4.78, 5) is 30.6. The minimum atomic E-state index is -5.08. The van der Waals surface area contributed by atoms with Gasteiger partial charge in [0.25, 0.3) is 5.91 Å². The Morgan fingerprint density at radius 1 is 1.29 bits per heavy atom. The molecular formula is C20H28F3N5O3. The van der Waals surface area contributed by atoms with Crippen molar-refractivity contribution in [3.05, 3.63) is 41.7 Å². The number of aryl methyl sites for hydroxylation is 2. The Morgan fingerprint density at radius 3 is 2.45 bits per heavy atom. The lowest BCUT2D eigenvalue weighted by atomic mass is 10.2. The van der Waals surface area contributed by atoms with Gasteiger partial charge in [0.1, 0.15) is 5.69 Å². The third-order valence-electron chi connectivity index (χ3n) is 5.17. The molecule has 8 nitrogen and oxygen atoms in total. The van der Waals surface area contributed by atoms with Crippen molar-refractivity contribution in [2.24, 2.45) is 7.05 Å². The molecule has 0 aromatic carbocycles. The van der Waals surface area contributed by atoms with Crippen LogP contribution >= 0.6 is 0 Å². The van der Waals surface area contributed by atoms with Gasteiger partial charge >= 0.3 is 12.1 Å². The molecule has 0 radical (unpaired) electrons. The van der Waals surface area contributed by atoms with Gasteiger partial charge in [-0.15, -0.1) is 0 Å². The highest BCUT2D eigenvalue weighted by atomic mass is 19.4. The van der Waals surface area contributed by atoms with E-state index >= 15 is 0 Å². The van der Waals surface area contributed by atoms with Gasteiger partial charge in [-0.25, -0.2) is 9.78 Å². The lowest BCUT2D eigenvalue weighted by Crippen LogP contribution is -2.33. The minimum absolute atomic E-state index is 0.0975. The van der Waals surface area contributed by atoms with E-state index in [4.69, 9.17) is 9.90 Å². The molecule has 1 amide bonds. The summed E-state index contributed by atoms with van der Waals surface area (Å²) in [6, 6.07) is 4.27. The molecule has 0 spiro atoms. The van der Waals surface area contributed by atoms with Gasteiger partial charge in [0, 0.05) is 38.9 Å². The van der Waals surface area contributed by atoms with E-state index in [0.717, 1.165) is 37.4 Å². The van der Waals surface area contributed by atoms with Crippen LogP contribution in [0.4, 0.5) is 13.2 Å². The average Bonchev–Trinajstić information content (AvgIpc) is 3.19. The van der Waals surface area contributed by atoms with Crippen molar-refractivity contribution in [3.63, 3.8) is 0 Å². The Bertz CT molecular complexity index is 904. The van der Waals surface area contributed by atoms with Crippen LogP contribution in [0.5, 0.6) is 0 Å². The zero-order valence-electron chi connectivity index (χ0n) is 18.1. The number of carbonyl (C=O) groups excluding carboxylic acids is 1. The first kappa shape index (κ1) is 24.4. The molecule has 2 aromatic heterocycles. The lowest BCUT2D eigenvalue weighted by Gasteiger charge is -2.23. The predicted octanol–water partition coefficient (Wildman–Crippen LogP) is 2.74. The van der Waals surface area contributed by atoms with Crippen LogP contribution in [0.25, 0.3) is 0 Å². The van der Waals surface area contributed by atoms with Crippen LogP contribution in [0.3, 0.4) is 0 Å². The van der Waals surface area contributed by atoms with Crippen molar-refractivity contribution in [3.8, 4) is 0 Å². The van der Waals surface area contributed by atoms with E-state index < -0.39 is 12.1 Å². The van der Waals surface area contributed by atoms with Crippen molar-refractivity contribution in [2.75, 3.05) is 13.6 Å². The SMILES string of the molecule is CC(C)N(C)Cc1ncn2c1CN(C(=O)c1cccn1C)CCC2.O=C(O)C(F)(F)F. The molecule has 1 N–H and O–H groups in total. The number of hydrogen-bond donors (Lipinski definition) is 1. The molecule has 0 atom stereocenters. The number of amides is 1. The maximum atomic E-state index is 12.9. The monoisotopic (exact) mass is 443 g/mol. The first-order valence-electron chi connectivity index (χ1n) is 9.85. The highest BCUT2D eigenvalue weighted by Crippen LogP contribution is 2.20. The second kappa shape index (κ2) is 9.99. The maximum absolute atomic E-state index is 12.9. The number of aliphatic carboxylic acids is 1. The summed E-state index contributed by atoms with van der Waals surface area (Å²) < 4.78 is 35.8. The number of carboxylic acids is 1. The number of halogens is 3. The molecule has 0 unspecified atom stereocenters. The summed E-state index contributed by atoms with van der Waals surface area (Å²) >= 11 is 0. The summed E-state index contributed by atoms with van der Waals surface area (Å²) in [7, 11) is 4.03. The first-order chi connectivity index (χ1) is 14.4. The standard InChI is InChI=1S/C18H27N5O.C2HF3O2/c1-14(2)21(4)11-15-17-12-22(9-6-10-23(17)13-19-15)18(24)16-7-5-8-20(16)3;3-2(4,5)1(6)7/h5,7-8,13-14H,6,9-12H2,1-4H3;(H,6,7). The molecule has 0 bridgehead atoms. The third kappa shape index (κ3) is 6.33. The molecule has 3 rings (SSSR count). The Balaban J connectivity index is 0.000000423. The summed E-state index contributed by atoms with van der Waals surface area (Å²) in [5, 5.41) is 7.12. The van der Waals surface area contributed by atoms with Gasteiger partial charge in [-0.3, -0.25) is 9.69 Å². The number of fused-ring (bicyclic) bond motifs is 1. The molecule has 3 heterocycles. The smallest absolute Gasteiger partial charge is 0.475 e. The minimum Gasteiger partial charge on any atom is -0.475 e. The van der Waals surface area contributed by atoms with Gasteiger partial charge in [-0.05, 0) is 39.4 Å². The molecule has 1 aliphatic rings. The number of imidazole rings is 1. The van der Waals surface area contributed by atoms with Crippen LogP contribution < -0.4 is 0 Å². The van der Waals surface area contributed by atoms with E-state index in [1.165, 1.54) is 5.69 Å². The average molecular weight is 443 g/mol. The van der Waals surface area contributed by atoms with Crippen LogP contribution in [0.15, 0.2) is 24.7 Å². The van der Waals surface area contributed by atoms with Crippen molar-refractivity contribution < 1.29 is 27.9 Å². The fourth-order valence-electron chi connectivity index (χ4n) is 3.09. The Kier molecular flexibility index (Phi) is 7.88. The Labute approximate surface area is 178 Å². The second-order valence-electron chi connectivity index (χ2n) is 7.73. The quantitative estimate of drug-likeness (QED) is 0.786. The van der Waals surface area contributed by atoms with Crippen LogP contribution in [0.1, 0.15) is 42.1 Å². The fourth-order valence-corrected chi connectivity index (χ4v) is 3.09. The number of hydrogen-bond acceptors (Lipinski definition) is 4. The van der Waals surface area contributed by atoms with Crippen LogP contribution in [0, 0.1) is 0 Å². The number of carbonyl (C=O) groups is 2. The van der Waals surface area contributed by atoms with Crippen molar-refractivity contribution in [2.45, 2.75) is 52.1 Å². The fraction of sp³-hybridized carbons (Fsp3) is 0.550. The van der Waals surface area contributed by atoms with Crippen LogP contribution in [0.2, 0.25) is 0 Å². The second-order valence-corrected chi connectivity index (χ2v) is 7.73. The molecular weight excluding hydrogens is 415 g/mol. The van der Waals surface area contributed by atoms with Crippen molar-refractivity contribution >= 4 is 11.9 Å². The number of carboxylic acid groups (broad SMARTS) is 1. The van der Waals surface area contributed by atoms with Gasteiger partial charge in [-0.2, -0.15) is 13.2 Å². The molecule has 11 heteroatoms. The Hall–Kier alpha value is -2.82. The van der Waals surface area contributed by atoms with Crippen molar-refractivity contribution in [1.29, 1.82) is 0 Å².